The zero-order chi connectivity index (χ0) is 10.4. The van der Waals surface area contributed by atoms with Crippen LogP contribution >= 0.6 is 0 Å². The summed E-state index contributed by atoms with van der Waals surface area (Å²) in [4.78, 5) is 4.00. The van der Waals surface area contributed by atoms with Gasteiger partial charge in [-0.2, -0.15) is 0 Å². The summed E-state index contributed by atoms with van der Waals surface area (Å²) in [7, 11) is 0. The van der Waals surface area contributed by atoms with E-state index in [4.69, 9.17) is 0 Å². The van der Waals surface area contributed by atoms with Crippen LogP contribution in [0.15, 0.2) is 53.0 Å². The van der Waals surface area contributed by atoms with Gasteiger partial charge in [-0.05, 0) is 26.6 Å². The molecule has 0 bridgehead atoms. The Labute approximate surface area is 85.5 Å². The van der Waals surface area contributed by atoms with Gasteiger partial charge in [0.1, 0.15) is 0 Å². The number of hydrogen-bond donors (Lipinski definition) is 0. The topological polar surface area (TPSA) is 12.4 Å². The van der Waals surface area contributed by atoms with Crippen molar-refractivity contribution in [2.45, 2.75) is 13.8 Å². The van der Waals surface area contributed by atoms with Crippen molar-refractivity contribution in [3.63, 3.8) is 0 Å². The van der Waals surface area contributed by atoms with Crippen LogP contribution in [0.5, 0.6) is 0 Å². The highest BCUT2D eigenvalue weighted by Gasteiger charge is 1.94. The molecule has 0 amide bonds. The predicted octanol–water partition coefficient (Wildman–Crippen LogP) is 3.69. The molecule has 0 aromatic heterocycles. The second-order valence-corrected chi connectivity index (χ2v) is 3.32. The molecule has 0 aliphatic carbocycles. The van der Waals surface area contributed by atoms with Gasteiger partial charge >= 0.3 is 0 Å². The number of benzene rings is 1. The van der Waals surface area contributed by atoms with E-state index in [0.717, 1.165) is 11.3 Å². The number of nitrogens with zero attached hydrogens (tertiary/aromatic N) is 1. The van der Waals surface area contributed by atoms with Gasteiger partial charge in [0.05, 0.1) is 5.70 Å². The fourth-order valence-electron chi connectivity index (χ4n) is 1.09. The van der Waals surface area contributed by atoms with Crippen molar-refractivity contribution >= 4 is 12.4 Å². The Balaban J connectivity index is 2.99. The first kappa shape index (κ1) is 10.5. The van der Waals surface area contributed by atoms with E-state index in [1.165, 1.54) is 5.57 Å². The van der Waals surface area contributed by atoms with Crippen LogP contribution in [-0.2, 0) is 0 Å². The second kappa shape index (κ2) is 5.18. The van der Waals surface area contributed by atoms with Gasteiger partial charge in [-0.15, -0.1) is 0 Å². The maximum Gasteiger partial charge on any atom is 0.0694 e. The summed E-state index contributed by atoms with van der Waals surface area (Å²) < 4.78 is 0. The van der Waals surface area contributed by atoms with Crippen LogP contribution in [0.4, 0.5) is 0 Å². The molecular weight excluding hydrogens is 170 g/mol. The molecule has 0 unspecified atom stereocenters. The summed E-state index contributed by atoms with van der Waals surface area (Å²) in [5.74, 6) is 0. The Hall–Kier alpha value is -1.63. The highest BCUT2D eigenvalue weighted by Crippen LogP contribution is 2.14. The first-order valence-electron chi connectivity index (χ1n) is 4.61. The summed E-state index contributed by atoms with van der Waals surface area (Å²) in [5, 5.41) is 0. The molecule has 1 aromatic carbocycles. The van der Waals surface area contributed by atoms with Crippen LogP contribution in [0.1, 0.15) is 19.4 Å². The lowest BCUT2D eigenvalue weighted by Gasteiger charge is -1.99. The van der Waals surface area contributed by atoms with Gasteiger partial charge in [-0.3, -0.25) is 4.99 Å². The molecule has 1 aromatic rings. The fourth-order valence-corrected chi connectivity index (χ4v) is 1.09. The summed E-state index contributed by atoms with van der Waals surface area (Å²) in [6.07, 6.45) is 4.02. The number of rotatable bonds is 3. The van der Waals surface area contributed by atoms with Crippen molar-refractivity contribution in [1.82, 2.24) is 0 Å². The van der Waals surface area contributed by atoms with Gasteiger partial charge in [-0.1, -0.05) is 42.0 Å². The lowest BCUT2D eigenvalue weighted by molar-refractivity contribution is 1.39. The molecule has 0 saturated heterocycles. The normalized spacial score (nSPS) is 10.9. The quantitative estimate of drug-likeness (QED) is 0.503. The van der Waals surface area contributed by atoms with Crippen molar-refractivity contribution in [1.29, 1.82) is 0 Å². The smallest absolute Gasteiger partial charge is 0.0694 e. The Morgan fingerprint density at radius 2 is 1.79 bits per heavy atom. The maximum absolute atomic E-state index is 4.00. The van der Waals surface area contributed by atoms with E-state index in [0.29, 0.717) is 0 Å². The zero-order valence-electron chi connectivity index (χ0n) is 8.70. The minimum Gasteiger partial charge on any atom is -0.264 e. The third-order valence-corrected chi connectivity index (χ3v) is 1.81. The van der Waals surface area contributed by atoms with E-state index >= 15 is 0 Å². The molecule has 0 heterocycles. The van der Waals surface area contributed by atoms with Gasteiger partial charge in [-0.25, -0.2) is 0 Å². The van der Waals surface area contributed by atoms with Crippen molar-refractivity contribution in [3.05, 3.63) is 53.6 Å². The van der Waals surface area contributed by atoms with Gasteiger partial charge < -0.3 is 0 Å². The van der Waals surface area contributed by atoms with Gasteiger partial charge in [0.2, 0.25) is 0 Å². The van der Waals surface area contributed by atoms with Crippen LogP contribution in [0, 0.1) is 0 Å². The Morgan fingerprint density at radius 1 is 1.14 bits per heavy atom. The van der Waals surface area contributed by atoms with Crippen LogP contribution in [0.25, 0.3) is 5.70 Å². The lowest BCUT2D eigenvalue weighted by Crippen LogP contribution is -1.78. The summed E-state index contributed by atoms with van der Waals surface area (Å²) in [5.41, 5.74) is 3.26. The summed E-state index contributed by atoms with van der Waals surface area (Å²) in [6.45, 7) is 7.68. The molecule has 14 heavy (non-hydrogen) atoms. The van der Waals surface area contributed by atoms with Crippen LogP contribution in [-0.4, -0.2) is 6.72 Å². The summed E-state index contributed by atoms with van der Waals surface area (Å²) >= 11 is 0. The molecule has 0 N–H and O–H groups in total. The van der Waals surface area contributed by atoms with Gasteiger partial charge in [0.25, 0.3) is 0 Å². The van der Waals surface area contributed by atoms with E-state index in [1.54, 1.807) is 0 Å². The van der Waals surface area contributed by atoms with E-state index in [2.05, 4.69) is 25.6 Å². The number of allylic oxidation sites excluding steroid dienone is 3. The van der Waals surface area contributed by atoms with E-state index in [9.17, 15) is 0 Å². The lowest BCUT2D eigenvalue weighted by atomic mass is 10.1. The van der Waals surface area contributed by atoms with Crippen LogP contribution in [0.3, 0.4) is 0 Å². The monoisotopic (exact) mass is 185 g/mol. The zero-order valence-corrected chi connectivity index (χ0v) is 8.70. The molecule has 0 aliphatic rings. The standard InChI is InChI=1S/C13H15N/c1-11(2)9-10-13(14-3)12-7-5-4-6-8-12/h4-10H,3H2,1-2H3/b13-10-. The largest absolute Gasteiger partial charge is 0.264 e. The molecule has 0 saturated carbocycles. The van der Waals surface area contributed by atoms with Crippen molar-refractivity contribution in [2.75, 3.05) is 0 Å². The van der Waals surface area contributed by atoms with Gasteiger partial charge in [0.15, 0.2) is 0 Å². The molecule has 1 heteroatoms. The average Bonchev–Trinajstić information content (AvgIpc) is 2.20. The van der Waals surface area contributed by atoms with E-state index < -0.39 is 0 Å². The Bertz CT molecular complexity index is 354. The summed E-state index contributed by atoms with van der Waals surface area (Å²) in [6, 6.07) is 10.0. The predicted molar refractivity (Wildman–Crippen MR) is 63.4 cm³/mol. The molecule has 0 radical (unpaired) electrons. The van der Waals surface area contributed by atoms with Crippen molar-refractivity contribution in [3.8, 4) is 0 Å². The third kappa shape index (κ3) is 3.02. The van der Waals surface area contributed by atoms with E-state index in [-0.39, 0.29) is 0 Å². The fraction of sp³-hybridized carbons (Fsp3) is 0.154. The Kier molecular flexibility index (Phi) is 3.86. The van der Waals surface area contributed by atoms with Crippen molar-refractivity contribution in [2.24, 2.45) is 4.99 Å². The van der Waals surface area contributed by atoms with Crippen molar-refractivity contribution < 1.29 is 0 Å². The molecule has 1 rings (SSSR count). The molecule has 0 spiro atoms. The van der Waals surface area contributed by atoms with E-state index in [1.807, 2.05) is 42.5 Å². The highest BCUT2D eigenvalue weighted by molar-refractivity contribution is 5.69. The molecule has 0 fully saturated rings. The Morgan fingerprint density at radius 3 is 2.29 bits per heavy atom. The first-order valence-corrected chi connectivity index (χ1v) is 4.61. The minimum atomic E-state index is 0.909. The number of aliphatic imine (C=N–C) groups is 1. The third-order valence-electron chi connectivity index (χ3n) is 1.81. The molecule has 0 atom stereocenters. The van der Waals surface area contributed by atoms with Crippen LogP contribution in [0.2, 0.25) is 0 Å². The minimum absolute atomic E-state index is 0.909. The van der Waals surface area contributed by atoms with Gasteiger partial charge in [0, 0.05) is 5.56 Å². The molecular formula is C13H15N. The molecule has 1 nitrogen and oxygen atoms in total. The molecule has 0 aliphatic heterocycles. The average molecular weight is 185 g/mol. The van der Waals surface area contributed by atoms with Crippen LogP contribution < -0.4 is 0 Å². The molecule has 72 valence electrons. The first-order chi connectivity index (χ1) is 6.74. The second-order valence-electron chi connectivity index (χ2n) is 3.32. The highest BCUT2D eigenvalue weighted by atomic mass is 14.7. The number of hydrogen-bond acceptors (Lipinski definition) is 1. The maximum atomic E-state index is 4.00. The SMILES string of the molecule is C=N/C(=C\C=C(C)C)c1ccccc1.